The summed E-state index contributed by atoms with van der Waals surface area (Å²) in [5.41, 5.74) is 3.59. The normalized spacial score (nSPS) is 18.0. The number of fused-ring (bicyclic) bond motifs is 6. The van der Waals surface area contributed by atoms with E-state index in [0.717, 1.165) is 96.3 Å². The third-order valence-corrected chi connectivity index (χ3v) is 14.9. The van der Waals surface area contributed by atoms with Crippen molar-refractivity contribution in [2.24, 2.45) is 0 Å². The topological polar surface area (TPSA) is 319 Å². The van der Waals surface area contributed by atoms with Gasteiger partial charge in [0, 0.05) is 0 Å². The highest BCUT2D eigenvalue weighted by atomic mass is 79.9. The van der Waals surface area contributed by atoms with Gasteiger partial charge in [-0.3, -0.25) is 42.5 Å². The lowest BCUT2D eigenvalue weighted by Crippen LogP contribution is -2.48. The Morgan fingerprint density at radius 2 is 0.767 bits per heavy atom. The molecule has 0 saturated heterocycles. The predicted molar refractivity (Wildman–Crippen MR) is 271 cm³/mol. The number of hydrogen-bond donors (Lipinski definition) is 6. The van der Waals surface area contributed by atoms with Crippen LogP contribution in [0.1, 0.15) is 128 Å². The van der Waals surface area contributed by atoms with Gasteiger partial charge in [0.25, 0.3) is 34.4 Å². The van der Waals surface area contributed by atoms with E-state index in [0.29, 0.717) is 15.2 Å². The van der Waals surface area contributed by atoms with Crippen molar-refractivity contribution in [1.82, 2.24) is 74.5 Å². The number of nitrogens with one attached hydrogen (secondary N) is 5. The Balaban J connectivity index is 0.000000127. The molecular formula is C45H46BrCl3N18O6. The average Bonchev–Trinajstić information content (AvgIpc) is 3.96. The molecule has 7 N–H and O–H groups in total. The highest BCUT2D eigenvalue weighted by Gasteiger charge is 2.48. The molecule has 0 atom stereocenters. The monoisotopic (exact) mass is 1120 g/mol. The fourth-order valence-corrected chi connectivity index (χ4v) is 11.7. The molecule has 3 spiro atoms. The number of pyridine rings is 3. The summed E-state index contributed by atoms with van der Waals surface area (Å²) in [5.74, 6) is -0.0969. The third-order valence-electron chi connectivity index (χ3n) is 13.4. The lowest BCUT2D eigenvalue weighted by Gasteiger charge is -2.35. The van der Waals surface area contributed by atoms with Gasteiger partial charge in [-0.1, -0.05) is 54.1 Å². The van der Waals surface area contributed by atoms with Gasteiger partial charge < -0.3 is 32.3 Å². The van der Waals surface area contributed by atoms with Crippen molar-refractivity contribution in [3.63, 3.8) is 0 Å². The van der Waals surface area contributed by atoms with E-state index in [2.05, 4.69) is 87.4 Å². The Morgan fingerprint density at radius 1 is 0.466 bits per heavy atom. The van der Waals surface area contributed by atoms with Gasteiger partial charge in [0.1, 0.15) is 83.4 Å². The van der Waals surface area contributed by atoms with Gasteiger partial charge in [0.15, 0.2) is 0 Å². The second-order valence-corrected chi connectivity index (χ2v) is 20.0. The molecule has 0 aromatic carbocycles. The van der Waals surface area contributed by atoms with Gasteiger partial charge >= 0.3 is 0 Å². The summed E-state index contributed by atoms with van der Waals surface area (Å²) in [5, 5.41) is 15.4. The number of rotatable bonds is 4. The molecule has 9 heterocycles. The maximum Gasteiger partial charge on any atom is 0.276 e. The van der Waals surface area contributed by atoms with Crippen LogP contribution in [0.4, 0.5) is 29.2 Å². The predicted octanol–water partition coefficient (Wildman–Crippen LogP) is 5.66. The molecule has 73 heavy (non-hydrogen) atoms. The maximum atomic E-state index is 13.0. The van der Waals surface area contributed by atoms with Crippen molar-refractivity contribution < 1.29 is 14.4 Å². The first-order valence-electron chi connectivity index (χ1n) is 23.3. The largest absolute Gasteiger partial charge is 0.368 e. The van der Waals surface area contributed by atoms with E-state index < -0.39 is 17.0 Å². The number of carbonyl (C=O) groups is 3. The Kier molecular flexibility index (Phi) is 14.8. The van der Waals surface area contributed by atoms with Crippen LogP contribution in [0.3, 0.4) is 0 Å². The Labute approximate surface area is 437 Å². The number of anilines is 5. The van der Waals surface area contributed by atoms with Crippen LogP contribution in [-0.2, 0) is 17.0 Å². The number of amides is 3. The molecule has 0 radical (unpaired) electrons. The van der Waals surface area contributed by atoms with Gasteiger partial charge in [-0.25, -0.2) is 44.9 Å². The van der Waals surface area contributed by atoms with E-state index in [1.54, 1.807) is 4.57 Å². The molecule has 3 fully saturated rings. The van der Waals surface area contributed by atoms with E-state index in [1.165, 1.54) is 65.3 Å². The number of aromatic nitrogens is 12. The van der Waals surface area contributed by atoms with Gasteiger partial charge in [0.2, 0.25) is 17.8 Å². The van der Waals surface area contributed by atoms with Crippen molar-refractivity contribution in [2.75, 3.05) is 16.4 Å². The number of halogens is 4. The number of nitrogen functional groups attached to an aromatic ring is 1. The molecule has 3 amide bonds. The average molecular weight is 1120 g/mol. The van der Waals surface area contributed by atoms with E-state index >= 15 is 0 Å². The lowest BCUT2D eigenvalue weighted by atomic mass is 9.89. The Morgan fingerprint density at radius 3 is 1.08 bits per heavy atom. The van der Waals surface area contributed by atoms with Gasteiger partial charge in [-0.15, -0.1) is 0 Å². The smallest absolute Gasteiger partial charge is 0.276 e. The molecule has 28 heteroatoms. The van der Waals surface area contributed by atoms with Crippen LogP contribution in [0, 0.1) is 0 Å². The summed E-state index contributed by atoms with van der Waals surface area (Å²) in [7, 11) is 0. The molecule has 0 bridgehead atoms. The molecule has 12 rings (SSSR count). The van der Waals surface area contributed by atoms with Gasteiger partial charge in [-0.2, -0.15) is 0 Å². The Hall–Kier alpha value is -6.96. The van der Waals surface area contributed by atoms with Crippen LogP contribution in [0.25, 0.3) is 0 Å². The highest BCUT2D eigenvalue weighted by molar-refractivity contribution is 9.10. The van der Waals surface area contributed by atoms with Crippen molar-refractivity contribution in [3.8, 4) is 0 Å². The maximum absolute atomic E-state index is 13.0. The summed E-state index contributed by atoms with van der Waals surface area (Å²) < 4.78 is 4.99. The first-order chi connectivity index (χ1) is 35.2. The molecule has 6 aromatic heterocycles. The van der Waals surface area contributed by atoms with Gasteiger partial charge in [0.05, 0.1) is 19.5 Å². The van der Waals surface area contributed by atoms with E-state index in [-0.39, 0.29) is 85.1 Å². The highest BCUT2D eigenvalue weighted by Crippen LogP contribution is 2.41. The summed E-state index contributed by atoms with van der Waals surface area (Å²) >= 11 is 21.9. The zero-order chi connectivity index (χ0) is 51.5. The second-order valence-electron chi connectivity index (χ2n) is 17.9. The molecule has 6 aliphatic rings. The van der Waals surface area contributed by atoms with Crippen LogP contribution >= 0.6 is 50.7 Å². The molecule has 3 aliphatic carbocycles. The first-order valence-corrected chi connectivity index (χ1v) is 25.3. The summed E-state index contributed by atoms with van der Waals surface area (Å²) in [4.78, 5) is 109. The molecule has 3 aliphatic heterocycles. The fourth-order valence-electron chi connectivity index (χ4n) is 10.3. The Bertz CT molecular complexity index is 3110. The molecule has 3 saturated carbocycles. The van der Waals surface area contributed by atoms with Gasteiger partial charge in [-0.05, 0) is 111 Å². The first kappa shape index (κ1) is 51.0. The molecule has 6 aromatic rings. The van der Waals surface area contributed by atoms with Crippen molar-refractivity contribution in [2.45, 2.75) is 113 Å². The zero-order valence-electron chi connectivity index (χ0n) is 38.7. The lowest BCUT2D eigenvalue weighted by molar-refractivity contribution is 0.0867. The van der Waals surface area contributed by atoms with Crippen molar-refractivity contribution in [3.05, 3.63) is 124 Å². The van der Waals surface area contributed by atoms with Crippen LogP contribution < -0.4 is 49.0 Å². The third kappa shape index (κ3) is 10.1. The number of nitrogens with two attached hydrogens (primary N) is 1. The molecule has 0 unspecified atom stereocenters. The standard InChI is InChI=1S/2C15H15ClN6O2.C12H12BrClN2O2.C3H4N4/c2*16-9-6-10(20-14-18-7-17-8-19-14)13(24)22-11(9)12(23)21-15(22)4-2-1-3-5-15;13-7-6-8(14)9-10(17)15-12(16(9)11(7)18)4-2-1-3-5-12;4-3-6-1-5-2-7-3/h2*6-8H,1-5H2,(H,21,23)(H,17,18,19,20);6H,1-5H2,(H,15,17);1-2H,(H2,4,5,6,7). The molecular weight excluding hydrogens is 1070 g/mol. The zero-order valence-corrected chi connectivity index (χ0v) is 42.6. The SMILES string of the molecule is Nc1ncncn1.O=C1NC2(CCCCC2)n2c1c(Cl)cc(Br)c2=O.O=C1NC2(CCCCC2)n2c1c(Cl)cc(Nc1ncncn1)c2=O.O=C1NC2(CCCCC2)n2c1c(Cl)cc(Nc1ncncn1)c2=O. The fraction of sp³-hybridized carbons (Fsp3) is 0.400. The minimum Gasteiger partial charge on any atom is -0.368 e. The summed E-state index contributed by atoms with van der Waals surface area (Å²) in [6, 6.07) is 4.39. The second kappa shape index (κ2) is 21.2. The quantitative estimate of drug-likeness (QED) is 0.124. The van der Waals surface area contributed by atoms with Crippen molar-refractivity contribution in [1.29, 1.82) is 0 Å². The number of nitrogens with zero attached hydrogens (tertiary/aromatic N) is 12. The van der Waals surface area contributed by atoms with Crippen LogP contribution in [0.15, 0.2) is 75.0 Å². The van der Waals surface area contributed by atoms with E-state index in [9.17, 15) is 28.8 Å². The minimum absolute atomic E-state index is 0.186. The van der Waals surface area contributed by atoms with E-state index in [4.69, 9.17) is 40.5 Å². The summed E-state index contributed by atoms with van der Waals surface area (Å²) in [6.07, 6.45) is 21.6. The number of hydrogen-bond acceptors (Lipinski definition) is 18. The van der Waals surface area contributed by atoms with Crippen LogP contribution in [0.5, 0.6) is 0 Å². The van der Waals surface area contributed by atoms with E-state index in [1.807, 2.05) is 0 Å². The van der Waals surface area contributed by atoms with Crippen LogP contribution in [-0.4, -0.2) is 76.3 Å². The van der Waals surface area contributed by atoms with Crippen molar-refractivity contribution >= 4 is 97.7 Å². The minimum atomic E-state index is -0.678. The number of carbonyl (C=O) groups excluding carboxylic acids is 3. The van der Waals surface area contributed by atoms with Crippen LogP contribution in [0.2, 0.25) is 15.1 Å². The summed E-state index contributed by atoms with van der Waals surface area (Å²) in [6.45, 7) is 0. The molecule has 380 valence electrons. The molecule has 24 nitrogen and oxygen atoms in total.